The molecule has 0 aromatic rings. The zero-order chi connectivity index (χ0) is 9.15. The van der Waals surface area contributed by atoms with E-state index in [9.17, 15) is 13.6 Å². The second kappa shape index (κ2) is 1.79. The van der Waals surface area contributed by atoms with Gasteiger partial charge in [0, 0.05) is 6.42 Å². The fraction of sp³-hybridized carbons (Fsp3) is 0.857. The van der Waals surface area contributed by atoms with Gasteiger partial charge in [-0.05, 0) is 12.3 Å². The predicted molar refractivity (Wildman–Crippen MR) is 35.7 cm³/mol. The number of rotatable bonds is 1. The topological polar surface area (TPSA) is 63.3 Å². The summed E-state index contributed by atoms with van der Waals surface area (Å²) in [7, 11) is 0. The average molecular weight is 177 g/mol. The third-order valence-electron chi connectivity index (χ3n) is 3.04. The van der Waals surface area contributed by atoms with Crippen molar-refractivity contribution in [2.24, 2.45) is 17.6 Å². The Bertz CT molecular complexity index is 256. The lowest BCUT2D eigenvalue weighted by Crippen LogP contribution is -2.42. The molecule has 0 spiro atoms. The first-order valence-corrected chi connectivity index (χ1v) is 3.81. The molecule has 5 heteroatoms. The first-order chi connectivity index (χ1) is 5.40. The number of hydrogen-bond donors (Lipinski definition) is 2. The van der Waals surface area contributed by atoms with Crippen LogP contribution >= 0.6 is 0 Å². The molecular formula is C7H9F2NO2. The Kier molecular flexibility index (Phi) is 1.18. The normalized spacial score (nSPS) is 48.6. The summed E-state index contributed by atoms with van der Waals surface area (Å²) in [4.78, 5) is 10.5. The van der Waals surface area contributed by atoms with Crippen LogP contribution in [-0.4, -0.2) is 22.5 Å². The molecule has 0 bridgehead atoms. The number of halogens is 2. The van der Waals surface area contributed by atoms with Gasteiger partial charge in [0.25, 0.3) is 5.92 Å². The number of carboxylic acids is 1. The molecule has 2 rings (SSSR count). The maximum Gasteiger partial charge on any atom is 0.324 e. The van der Waals surface area contributed by atoms with Crippen molar-refractivity contribution in [2.75, 3.05) is 0 Å². The predicted octanol–water partition coefficient (Wildman–Crippen LogP) is 0.444. The van der Waals surface area contributed by atoms with E-state index in [2.05, 4.69) is 0 Å². The van der Waals surface area contributed by atoms with Gasteiger partial charge >= 0.3 is 5.97 Å². The summed E-state index contributed by atoms with van der Waals surface area (Å²) in [6, 6.07) is 0. The summed E-state index contributed by atoms with van der Waals surface area (Å²) in [5.41, 5.74) is 3.70. The van der Waals surface area contributed by atoms with Gasteiger partial charge in [0.15, 0.2) is 0 Å². The zero-order valence-corrected chi connectivity index (χ0v) is 6.26. The molecule has 2 aliphatic carbocycles. The van der Waals surface area contributed by atoms with Crippen LogP contribution in [0.1, 0.15) is 12.8 Å². The Morgan fingerprint density at radius 2 is 2.17 bits per heavy atom. The van der Waals surface area contributed by atoms with Crippen LogP contribution in [0.25, 0.3) is 0 Å². The minimum absolute atomic E-state index is 0.214. The second-order valence-corrected chi connectivity index (χ2v) is 3.62. The van der Waals surface area contributed by atoms with E-state index in [1.165, 1.54) is 0 Å². The Hall–Kier alpha value is -0.710. The maximum atomic E-state index is 12.9. The molecule has 2 fully saturated rings. The molecule has 12 heavy (non-hydrogen) atoms. The molecule has 0 aromatic heterocycles. The summed E-state index contributed by atoms with van der Waals surface area (Å²) in [5.74, 6) is -5.79. The Labute approximate surface area is 67.5 Å². The molecular weight excluding hydrogens is 168 g/mol. The van der Waals surface area contributed by atoms with E-state index in [-0.39, 0.29) is 12.8 Å². The smallest absolute Gasteiger partial charge is 0.324 e. The van der Waals surface area contributed by atoms with Gasteiger partial charge < -0.3 is 10.8 Å². The number of nitrogens with two attached hydrogens (primary N) is 1. The number of aliphatic carboxylic acids is 1. The van der Waals surface area contributed by atoms with Crippen LogP contribution < -0.4 is 5.73 Å². The highest BCUT2D eigenvalue weighted by Gasteiger charge is 2.79. The number of carbonyl (C=O) groups is 1. The van der Waals surface area contributed by atoms with Gasteiger partial charge in [-0.25, -0.2) is 8.78 Å². The highest BCUT2D eigenvalue weighted by Crippen LogP contribution is 2.65. The van der Waals surface area contributed by atoms with Crippen molar-refractivity contribution in [3.8, 4) is 0 Å². The summed E-state index contributed by atoms with van der Waals surface area (Å²) in [5, 5.41) is 8.59. The Balaban J connectivity index is 2.26. The van der Waals surface area contributed by atoms with Crippen LogP contribution in [0, 0.1) is 11.8 Å². The van der Waals surface area contributed by atoms with Gasteiger partial charge in [-0.2, -0.15) is 0 Å². The Morgan fingerprint density at radius 3 is 2.42 bits per heavy atom. The zero-order valence-electron chi connectivity index (χ0n) is 6.26. The van der Waals surface area contributed by atoms with Crippen molar-refractivity contribution in [1.82, 2.24) is 0 Å². The summed E-state index contributed by atoms with van der Waals surface area (Å²) >= 11 is 0. The summed E-state index contributed by atoms with van der Waals surface area (Å²) in [6.07, 6.45) is 0.0228. The van der Waals surface area contributed by atoms with Crippen LogP contribution in [0.2, 0.25) is 0 Å². The number of carboxylic acid groups (broad SMARTS) is 1. The molecule has 0 radical (unpaired) electrons. The standard InChI is InChI=1S/C7H9F2NO2/c8-6(9)2-1-3-4(6)7(3,10)5(11)12/h3-4H,1-2,10H2,(H,11,12). The van der Waals surface area contributed by atoms with Gasteiger partial charge in [-0.1, -0.05) is 0 Å². The van der Waals surface area contributed by atoms with Crippen molar-refractivity contribution in [3.63, 3.8) is 0 Å². The van der Waals surface area contributed by atoms with E-state index in [4.69, 9.17) is 10.8 Å². The fourth-order valence-electron chi connectivity index (χ4n) is 2.33. The molecule has 3 nitrogen and oxygen atoms in total. The molecule has 0 amide bonds. The van der Waals surface area contributed by atoms with Crippen molar-refractivity contribution in [2.45, 2.75) is 24.3 Å². The van der Waals surface area contributed by atoms with Crippen molar-refractivity contribution in [1.29, 1.82) is 0 Å². The molecule has 0 aliphatic heterocycles. The maximum absolute atomic E-state index is 12.9. The quantitative estimate of drug-likeness (QED) is 0.611. The van der Waals surface area contributed by atoms with Crippen LogP contribution in [0.15, 0.2) is 0 Å². The third kappa shape index (κ3) is 0.652. The highest BCUT2D eigenvalue weighted by molar-refractivity contribution is 5.84. The van der Waals surface area contributed by atoms with Gasteiger partial charge in [0.1, 0.15) is 5.54 Å². The van der Waals surface area contributed by atoms with Gasteiger partial charge in [-0.3, -0.25) is 4.79 Å². The number of alkyl halides is 2. The second-order valence-electron chi connectivity index (χ2n) is 3.62. The van der Waals surface area contributed by atoms with Crippen LogP contribution in [0.4, 0.5) is 8.78 Å². The van der Waals surface area contributed by atoms with Crippen molar-refractivity contribution in [3.05, 3.63) is 0 Å². The molecule has 68 valence electrons. The first-order valence-electron chi connectivity index (χ1n) is 3.81. The van der Waals surface area contributed by atoms with E-state index < -0.39 is 29.3 Å². The summed E-state index contributed by atoms with van der Waals surface area (Å²) in [6.45, 7) is 0. The molecule has 3 unspecified atom stereocenters. The molecule has 2 saturated carbocycles. The molecule has 3 atom stereocenters. The van der Waals surface area contributed by atoms with E-state index in [0.717, 1.165) is 0 Å². The van der Waals surface area contributed by atoms with E-state index in [1.54, 1.807) is 0 Å². The van der Waals surface area contributed by atoms with Crippen LogP contribution in [-0.2, 0) is 4.79 Å². The lowest BCUT2D eigenvalue weighted by atomic mass is 10.0. The highest BCUT2D eigenvalue weighted by atomic mass is 19.3. The van der Waals surface area contributed by atoms with Gasteiger partial charge in [0.05, 0.1) is 5.92 Å². The summed E-state index contributed by atoms with van der Waals surface area (Å²) < 4.78 is 25.8. The molecule has 0 saturated heterocycles. The molecule has 3 N–H and O–H groups in total. The minimum Gasteiger partial charge on any atom is -0.480 e. The Morgan fingerprint density at radius 1 is 1.58 bits per heavy atom. The van der Waals surface area contributed by atoms with Crippen molar-refractivity contribution < 1.29 is 18.7 Å². The number of hydrogen-bond acceptors (Lipinski definition) is 2. The lowest BCUT2D eigenvalue weighted by Gasteiger charge is -2.16. The number of fused-ring (bicyclic) bond motifs is 1. The minimum atomic E-state index is -2.86. The SMILES string of the molecule is NC1(C(=O)O)C2CCC(F)(F)C21. The van der Waals surface area contributed by atoms with E-state index in [0.29, 0.717) is 0 Å². The lowest BCUT2D eigenvalue weighted by molar-refractivity contribution is -0.143. The molecule has 0 heterocycles. The van der Waals surface area contributed by atoms with E-state index in [1.807, 2.05) is 0 Å². The van der Waals surface area contributed by atoms with E-state index >= 15 is 0 Å². The monoisotopic (exact) mass is 177 g/mol. The molecule has 0 aromatic carbocycles. The van der Waals surface area contributed by atoms with Crippen LogP contribution in [0.5, 0.6) is 0 Å². The van der Waals surface area contributed by atoms with Gasteiger partial charge in [0.2, 0.25) is 0 Å². The van der Waals surface area contributed by atoms with Crippen LogP contribution in [0.3, 0.4) is 0 Å². The average Bonchev–Trinajstić information content (AvgIpc) is 2.41. The van der Waals surface area contributed by atoms with Crippen molar-refractivity contribution >= 4 is 5.97 Å². The molecule has 2 aliphatic rings. The fourth-order valence-corrected chi connectivity index (χ4v) is 2.33. The third-order valence-corrected chi connectivity index (χ3v) is 3.04. The largest absolute Gasteiger partial charge is 0.480 e. The first kappa shape index (κ1) is 7.91. The van der Waals surface area contributed by atoms with Gasteiger partial charge in [-0.15, -0.1) is 0 Å².